The van der Waals surface area contributed by atoms with Crippen molar-refractivity contribution in [1.82, 2.24) is 25.4 Å². The average Bonchev–Trinajstić information content (AvgIpc) is 3.42. The minimum atomic E-state index is -1.17. The Labute approximate surface area is 200 Å². The fraction of sp³-hybridized carbons (Fsp3) is 0.250. The zero-order valence-electron chi connectivity index (χ0n) is 15.4. The Morgan fingerprint density at radius 1 is 1.45 bits per heavy atom. The van der Waals surface area contributed by atoms with Gasteiger partial charge in [-0.15, -0.1) is 33.3 Å². The molecule has 15 heteroatoms. The van der Waals surface area contributed by atoms with E-state index < -0.39 is 29.2 Å². The van der Waals surface area contributed by atoms with Crippen LogP contribution in [0.5, 0.6) is 0 Å². The van der Waals surface area contributed by atoms with Gasteiger partial charge in [0.05, 0.1) is 11.3 Å². The van der Waals surface area contributed by atoms with Crippen LogP contribution in [0.3, 0.4) is 0 Å². The highest BCUT2D eigenvalue weighted by Crippen LogP contribution is 2.42. The van der Waals surface area contributed by atoms with Crippen LogP contribution in [-0.2, 0) is 14.4 Å². The number of thioether (sulfide) groups is 2. The molecule has 1 fully saturated rings. The number of carbonyl (C=O) groups is 3. The van der Waals surface area contributed by atoms with E-state index >= 15 is 0 Å². The zero-order chi connectivity index (χ0) is 22.1. The van der Waals surface area contributed by atoms with Gasteiger partial charge in [0.1, 0.15) is 22.6 Å². The number of carbonyl (C=O) groups excluding carboxylic acids is 2. The maximum atomic E-state index is 12.8. The van der Waals surface area contributed by atoms with Gasteiger partial charge in [-0.2, -0.15) is 0 Å². The first-order valence-corrected chi connectivity index (χ1v) is 13.2. The third-order valence-electron chi connectivity index (χ3n) is 4.40. The Bertz CT molecular complexity index is 1100. The number of nitrogens with zero attached hydrogens (tertiary/aromatic N) is 4. The maximum absolute atomic E-state index is 12.8. The molecule has 4 rings (SSSR count). The van der Waals surface area contributed by atoms with Crippen molar-refractivity contribution in [2.45, 2.75) is 15.8 Å². The molecule has 1 unspecified atom stereocenters. The Hall–Kier alpha value is -1.94. The molecule has 162 valence electrons. The van der Waals surface area contributed by atoms with Crippen molar-refractivity contribution in [2.75, 3.05) is 17.2 Å². The van der Waals surface area contributed by atoms with E-state index in [9.17, 15) is 19.5 Å². The minimum Gasteiger partial charge on any atom is -0.477 e. The SMILES string of the molecule is Nc1nc(/C(=C\Br)C(=O)NC2C(=O)N3C(C(=O)O)=C(CSc4nncs4)CS[C@H]23)cs1. The van der Waals surface area contributed by atoms with Crippen LogP contribution in [0.2, 0.25) is 0 Å². The molecule has 0 bridgehead atoms. The lowest BCUT2D eigenvalue weighted by atomic mass is 10.0. The summed E-state index contributed by atoms with van der Waals surface area (Å²) in [5.74, 6) is -1.32. The van der Waals surface area contributed by atoms with Gasteiger partial charge in [0, 0.05) is 16.9 Å². The molecule has 0 aromatic carbocycles. The van der Waals surface area contributed by atoms with Gasteiger partial charge < -0.3 is 16.2 Å². The van der Waals surface area contributed by atoms with Crippen LogP contribution < -0.4 is 11.1 Å². The average molecular weight is 561 g/mol. The van der Waals surface area contributed by atoms with Crippen LogP contribution in [0.1, 0.15) is 5.69 Å². The van der Waals surface area contributed by atoms with Crippen LogP contribution in [0.25, 0.3) is 5.57 Å². The van der Waals surface area contributed by atoms with E-state index in [0.29, 0.717) is 27.9 Å². The van der Waals surface area contributed by atoms with Crippen molar-refractivity contribution < 1.29 is 19.5 Å². The second-order valence-corrected chi connectivity index (χ2v) is 10.7. The van der Waals surface area contributed by atoms with E-state index in [-0.39, 0.29) is 11.3 Å². The minimum absolute atomic E-state index is 0.0280. The number of β-lactam (4-membered cyclic amide) rings is 1. The van der Waals surface area contributed by atoms with Gasteiger partial charge in [0.15, 0.2) is 9.47 Å². The molecule has 0 spiro atoms. The van der Waals surface area contributed by atoms with Gasteiger partial charge >= 0.3 is 5.97 Å². The van der Waals surface area contributed by atoms with E-state index in [4.69, 9.17) is 5.73 Å². The number of fused-ring (bicyclic) bond motifs is 1. The van der Waals surface area contributed by atoms with Gasteiger partial charge in [0.2, 0.25) is 0 Å². The first kappa shape index (κ1) is 22.3. The normalized spacial score (nSPS) is 21.0. The van der Waals surface area contributed by atoms with Crippen molar-refractivity contribution in [1.29, 1.82) is 0 Å². The Balaban J connectivity index is 1.48. The number of thiazole rings is 1. The summed E-state index contributed by atoms with van der Waals surface area (Å²) in [6.45, 7) is 0. The number of hydrogen-bond donors (Lipinski definition) is 3. The van der Waals surface area contributed by atoms with Gasteiger partial charge in [-0.05, 0) is 10.6 Å². The van der Waals surface area contributed by atoms with Crippen LogP contribution in [0, 0.1) is 0 Å². The molecular weight excluding hydrogens is 548 g/mol. The monoisotopic (exact) mass is 560 g/mol. The molecule has 10 nitrogen and oxygen atoms in total. The molecule has 0 aliphatic carbocycles. The van der Waals surface area contributed by atoms with Crippen LogP contribution in [0.4, 0.5) is 5.13 Å². The number of amides is 2. The second kappa shape index (κ2) is 9.28. The molecule has 4 heterocycles. The number of hydrogen-bond acceptors (Lipinski definition) is 11. The lowest BCUT2D eigenvalue weighted by Gasteiger charge is -2.49. The summed E-state index contributed by atoms with van der Waals surface area (Å²) in [5.41, 5.74) is 8.45. The number of nitrogens with one attached hydrogen (secondary N) is 1. The zero-order valence-corrected chi connectivity index (χ0v) is 20.2. The lowest BCUT2D eigenvalue weighted by Crippen LogP contribution is -2.70. The lowest BCUT2D eigenvalue weighted by molar-refractivity contribution is -0.150. The third kappa shape index (κ3) is 4.37. The number of nitrogens with two attached hydrogens (primary N) is 1. The largest absolute Gasteiger partial charge is 0.477 e. The van der Waals surface area contributed by atoms with Gasteiger partial charge in [-0.25, -0.2) is 9.78 Å². The topological polar surface area (TPSA) is 151 Å². The molecule has 0 radical (unpaired) electrons. The first-order valence-electron chi connectivity index (χ1n) is 8.52. The van der Waals surface area contributed by atoms with Gasteiger partial charge in [0.25, 0.3) is 11.8 Å². The molecule has 31 heavy (non-hydrogen) atoms. The predicted octanol–water partition coefficient (Wildman–Crippen LogP) is 1.84. The quantitative estimate of drug-likeness (QED) is 0.260. The van der Waals surface area contributed by atoms with E-state index in [1.54, 1.807) is 10.9 Å². The summed E-state index contributed by atoms with van der Waals surface area (Å²) in [6.07, 6.45) is 0. The van der Waals surface area contributed by atoms with Crippen molar-refractivity contribution in [3.05, 3.63) is 32.8 Å². The number of nitrogen functional groups attached to an aromatic ring is 1. The molecule has 2 aromatic rings. The molecule has 2 aliphatic rings. The van der Waals surface area contributed by atoms with Crippen molar-refractivity contribution in [3.63, 3.8) is 0 Å². The number of halogens is 1. The summed E-state index contributed by atoms with van der Waals surface area (Å²) in [6, 6.07) is -0.831. The Kier molecular flexibility index (Phi) is 6.66. The number of aliphatic carboxylic acids is 1. The summed E-state index contributed by atoms with van der Waals surface area (Å²) < 4.78 is 0.723. The van der Waals surface area contributed by atoms with Gasteiger partial charge in [-0.3, -0.25) is 14.5 Å². The smallest absolute Gasteiger partial charge is 0.352 e. The number of anilines is 1. The van der Waals surface area contributed by atoms with E-state index in [1.165, 1.54) is 56.1 Å². The van der Waals surface area contributed by atoms with Gasteiger partial charge in [-0.1, -0.05) is 39.0 Å². The molecule has 0 saturated carbocycles. The number of rotatable bonds is 7. The molecule has 2 amide bonds. The highest BCUT2D eigenvalue weighted by molar-refractivity contribution is 9.11. The fourth-order valence-corrected chi connectivity index (χ4v) is 7.00. The second-order valence-electron chi connectivity index (χ2n) is 6.21. The molecule has 2 aliphatic heterocycles. The Morgan fingerprint density at radius 3 is 2.87 bits per heavy atom. The number of carboxylic acid groups (broad SMARTS) is 1. The van der Waals surface area contributed by atoms with Crippen LogP contribution in [0.15, 0.2) is 31.5 Å². The molecule has 2 atom stereocenters. The molecule has 4 N–H and O–H groups in total. The summed E-state index contributed by atoms with van der Waals surface area (Å²) >= 11 is 8.49. The number of aromatic nitrogens is 3. The van der Waals surface area contributed by atoms with E-state index in [2.05, 4.69) is 36.4 Å². The standard InChI is InChI=1S/C16H13BrN6O4S4/c17-1-7(8-4-29-15(18)20-8)11(24)21-9-12(25)23-10(14(26)27)6(2-28-13(9)23)3-30-16-22-19-5-31-16/h1,4-5,9,13H,2-3H2,(H2,18,20)(H,21,24)(H,26,27)/b7-1+/t9?,13-/m1/s1. The third-order valence-corrected chi connectivity index (χ3v) is 8.82. The maximum Gasteiger partial charge on any atom is 0.352 e. The van der Waals surface area contributed by atoms with Crippen molar-refractivity contribution in [3.8, 4) is 0 Å². The van der Waals surface area contributed by atoms with Crippen LogP contribution in [-0.4, -0.2) is 65.9 Å². The van der Waals surface area contributed by atoms with E-state index in [0.717, 1.165) is 4.34 Å². The van der Waals surface area contributed by atoms with Crippen LogP contribution >= 0.6 is 62.1 Å². The van der Waals surface area contributed by atoms with E-state index in [1.807, 2.05) is 0 Å². The summed E-state index contributed by atoms with van der Waals surface area (Å²) in [7, 11) is 0. The number of carboxylic acids is 1. The molecule has 1 saturated heterocycles. The highest BCUT2D eigenvalue weighted by Gasteiger charge is 2.54. The predicted molar refractivity (Wildman–Crippen MR) is 124 cm³/mol. The summed E-state index contributed by atoms with van der Waals surface area (Å²) in [5, 5.41) is 21.6. The molecular formula is C16H13BrN6O4S4. The van der Waals surface area contributed by atoms with Crippen molar-refractivity contribution in [2.24, 2.45) is 0 Å². The highest BCUT2D eigenvalue weighted by atomic mass is 79.9. The fourth-order valence-electron chi connectivity index (χ4n) is 3.02. The van der Waals surface area contributed by atoms with Crippen molar-refractivity contribution >= 4 is 90.6 Å². The summed E-state index contributed by atoms with van der Waals surface area (Å²) in [4.78, 5) is 44.2. The Morgan fingerprint density at radius 2 is 2.26 bits per heavy atom. The first-order chi connectivity index (χ1) is 14.9. The molecule has 2 aromatic heterocycles.